The molecule has 104 valence electrons. The van der Waals surface area contributed by atoms with Crippen molar-refractivity contribution in [1.82, 2.24) is 5.32 Å². The first kappa shape index (κ1) is 14.5. The quantitative estimate of drug-likeness (QED) is 0.666. The van der Waals surface area contributed by atoms with E-state index in [1.165, 1.54) is 11.6 Å². The van der Waals surface area contributed by atoms with Crippen molar-refractivity contribution in [3.8, 4) is 0 Å². The molecule has 0 bridgehead atoms. The molecular weight excluding hydrogens is 276 g/mol. The Hall–Kier alpha value is -1.91. The summed E-state index contributed by atoms with van der Waals surface area (Å²) in [7, 11) is 0. The zero-order valence-electron chi connectivity index (χ0n) is 11.0. The Balaban J connectivity index is 2.04. The van der Waals surface area contributed by atoms with Crippen LogP contribution in [0.5, 0.6) is 0 Å². The van der Waals surface area contributed by atoms with Gasteiger partial charge in [0.05, 0.1) is 4.92 Å². The van der Waals surface area contributed by atoms with Gasteiger partial charge in [0.2, 0.25) is 0 Å². The summed E-state index contributed by atoms with van der Waals surface area (Å²) >= 11 is 5.79. The molecule has 0 radical (unpaired) electrons. The predicted molar refractivity (Wildman–Crippen MR) is 79.8 cm³/mol. The van der Waals surface area contributed by atoms with Crippen LogP contribution in [0.25, 0.3) is 0 Å². The van der Waals surface area contributed by atoms with Gasteiger partial charge in [-0.25, -0.2) is 0 Å². The van der Waals surface area contributed by atoms with Gasteiger partial charge in [-0.1, -0.05) is 48.0 Å². The minimum absolute atomic E-state index is 0.0571. The molecule has 0 aliphatic carbocycles. The number of nitro benzene ring substituents is 1. The number of nitro groups is 1. The van der Waals surface area contributed by atoms with Crippen molar-refractivity contribution in [2.75, 3.05) is 0 Å². The zero-order valence-corrected chi connectivity index (χ0v) is 11.8. The largest absolute Gasteiger partial charge is 0.306 e. The van der Waals surface area contributed by atoms with Gasteiger partial charge >= 0.3 is 0 Å². The van der Waals surface area contributed by atoms with Gasteiger partial charge in [0, 0.05) is 18.7 Å². The molecule has 4 nitrogen and oxygen atoms in total. The van der Waals surface area contributed by atoms with Gasteiger partial charge in [-0.05, 0) is 24.1 Å². The van der Waals surface area contributed by atoms with E-state index in [1.807, 2.05) is 30.3 Å². The molecule has 0 saturated heterocycles. The maximum atomic E-state index is 10.8. The highest BCUT2D eigenvalue weighted by molar-refractivity contribution is 6.32. The van der Waals surface area contributed by atoms with Gasteiger partial charge in [-0.15, -0.1) is 0 Å². The van der Waals surface area contributed by atoms with Crippen molar-refractivity contribution < 1.29 is 4.92 Å². The van der Waals surface area contributed by atoms with Crippen molar-refractivity contribution in [2.24, 2.45) is 0 Å². The van der Waals surface area contributed by atoms with Crippen LogP contribution >= 0.6 is 11.6 Å². The summed E-state index contributed by atoms with van der Waals surface area (Å²) in [5.74, 6) is 0. The number of nitrogens with one attached hydrogen (secondary N) is 1. The van der Waals surface area contributed by atoms with Gasteiger partial charge in [0.15, 0.2) is 0 Å². The first-order valence-corrected chi connectivity index (χ1v) is 6.67. The maximum absolute atomic E-state index is 10.8. The van der Waals surface area contributed by atoms with E-state index in [1.54, 1.807) is 12.1 Å². The van der Waals surface area contributed by atoms with E-state index in [2.05, 4.69) is 12.2 Å². The minimum atomic E-state index is -0.466. The summed E-state index contributed by atoms with van der Waals surface area (Å²) in [6.07, 6.45) is 0. The highest BCUT2D eigenvalue weighted by Gasteiger charge is 2.13. The Morgan fingerprint density at radius 1 is 1.25 bits per heavy atom. The maximum Gasteiger partial charge on any atom is 0.288 e. The Bertz CT molecular complexity index is 602. The average molecular weight is 291 g/mol. The average Bonchev–Trinajstić information content (AvgIpc) is 2.46. The van der Waals surface area contributed by atoms with Crippen molar-refractivity contribution in [1.29, 1.82) is 0 Å². The van der Waals surface area contributed by atoms with Crippen LogP contribution in [0.15, 0.2) is 48.5 Å². The second-order valence-corrected chi connectivity index (χ2v) is 4.96. The lowest BCUT2D eigenvalue weighted by molar-refractivity contribution is -0.384. The molecule has 0 saturated carbocycles. The molecule has 0 fully saturated rings. The summed E-state index contributed by atoms with van der Waals surface area (Å²) in [6, 6.07) is 15.1. The first-order valence-electron chi connectivity index (χ1n) is 6.29. The normalized spacial score (nSPS) is 12.1. The Kier molecular flexibility index (Phi) is 4.71. The van der Waals surface area contributed by atoms with Crippen LogP contribution in [0.2, 0.25) is 5.02 Å². The van der Waals surface area contributed by atoms with Crippen LogP contribution in [0, 0.1) is 10.1 Å². The Morgan fingerprint density at radius 2 is 1.95 bits per heavy atom. The summed E-state index contributed by atoms with van der Waals surface area (Å²) in [4.78, 5) is 10.4. The van der Waals surface area contributed by atoms with E-state index in [0.29, 0.717) is 6.54 Å². The molecule has 0 spiro atoms. The lowest BCUT2D eigenvalue weighted by Crippen LogP contribution is -2.18. The third-order valence-corrected chi connectivity index (χ3v) is 3.44. The molecule has 2 aromatic rings. The molecule has 0 amide bonds. The molecule has 20 heavy (non-hydrogen) atoms. The summed E-state index contributed by atoms with van der Waals surface area (Å²) in [5, 5.41) is 14.3. The Morgan fingerprint density at radius 3 is 2.60 bits per heavy atom. The standard InChI is InChI=1S/C15H15ClN2O2/c1-11(13-5-3-2-4-6-13)17-10-12-7-8-14(16)15(9-12)18(19)20/h2-9,11,17H,10H2,1H3/t11-/m1/s1. The SMILES string of the molecule is C[C@@H](NCc1ccc(Cl)c([N+](=O)[O-])c1)c1ccccc1. The van der Waals surface area contributed by atoms with E-state index >= 15 is 0 Å². The molecule has 0 heterocycles. The van der Waals surface area contributed by atoms with Crippen LogP contribution in [-0.4, -0.2) is 4.92 Å². The smallest absolute Gasteiger partial charge is 0.288 e. The summed E-state index contributed by atoms with van der Waals surface area (Å²) in [5.41, 5.74) is 1.96. The molecule has 0 unspecified atom stereocenters. The van der Waals surface area contributed by atoms with Crippen LogP contribution in [0.4, 0.5) is 5.69 Å². The second kappa shape index (κ2) is 6.50. The predicted octanol–water partition coefficient (Wildman–Crippen LogP) is 4.10. The number of rotatable bonds is 5. The van der Waals surface area contributed by atoms with E-state index in [9.17, 15) is 10.1 Å². The minimum Gasteiger partial charge on any atom is -0.306 e. The fourth-order valence-electron chi connectivity index (χ4n) is 1.94. The summed E-state index contributed by atoms with van der Waals surface area (Å²) < 4.78 is 0. The third-order valence-electron chi connectivity index (χ3n) is 3.12. The lowest BCUT2D eigenvalue weighted by Gasteiger charge is -2.14. The van der Waals surface area contributed by atoms with Gasteiger partial charge < -0.3 is 5.32 Å². The van der Waals surface area contributed by atoms with Crippen LogP contribution in [0.1, 0.15) is 24.1 Å². The number of halogens is 1. The van der Waals surface area contributed by atoms with Gasteiger partial charge in [0.1, 0.15) is 5.02 Å². The lowest BCUT2D eigenvalue weighted by atomic mass is 10.1. The van der Waals surface area contributed by atoms with Gasteiger partial charge in [-0.2, -0.15) is 0 Å². The molecule has 2 aromatic carbocycles. The molecular formula is C15H15ClN2O2. The van der Waals surface area contributed by atoms with Crippen LogP contribution < -0.4 is 5.32 Å². The highest BCUT2D eigenvalue weighted by Crippen LogP contribution is 2.25. The van der Waals surface area contributed by atoms with E-state index in [4.69, 9.17) is 11.6 Å². The number of hydrogen-bond donors (Lipinski definition) is 1. The Labute approximate surface area is 122 Å². The van der Waals surface area contributed by atoms with Gasteiger partial charge in [-0.3, -0.25) is 10.1 Å². The zero-order chi connectivity index (χ0) is 14.5. The van der Waals surface area contributed by atoms with Gasteiger partial charge in [0.25, 0.3) is 5.69 Å². The van der Waals surface area contributed by atoms with Crippen molar-refractivity contribution >= 4 is 17.3 Å². The fraction of sp³-hybridized carbons (Fsp3) is 0.200. The second-order valence-electron chi connectivity index (χ2n) is 4.56. The third kappa shape index (κ3) is 3.56. The topological polar surface area (TPSA) is 55.2 Å². The van der Waals surface area contributed by atoms with Crippen molar-refractivity contribution in [2.45, 2.75) is 19.5 Å². The molecule has 0 aromatic heterocycles. The molecule has 1 atom stereocenters. The molecule has 2 rings (SSSR count). The molecule has 1 N–H and O–H groups in total. The van der Waals surface area contributed by atoms with E-state index in [-0.39, 0.29) is 16.8 Å². The van der Waals surface area contributed by atoms with E-state index < -0.39 is 4.92 Å². The first-order chi connectivity index (χ1) is 9.58. The van der Waals surface area contributed by atoms with Crippen molar-refractivity contribution in [3.63, 3.8) is 0 Å². The molecule has 0 aliphatic heterocycles. The van der Waals surface area contributed by atoms with E-state index in [0.717, 1.165) is 5.56 Å². The number of nitrogens with zero attached hydrogens (tertiary/aromatic N) is 1. The fourth-order valence-corrected chi connectivity index (χ4v) is 2.13. The monoisotopic (exact) mass is 290 g/mol. The summed E-state index contributed by atoms with van der Waals surface area (Å²) in [6.45, 7) is 2.60. The molecule has 0 aliphatic rings. The molecule has 5 heteroatoms. The van der Waals surface area contributed by atoms with Crippen molar-refractivity contribution in [3.05, 3.63) is 74.8 Å². The number of hydrogen-bond acceptors (Lipinski definition) is 3. The highest BCUT2D eigenvalue weighted by atomic mass is 35.5. The van der Waals surface area contributed by atoms with Crippen LogP contribution in [0.3, 0.4) is 0 Å². The van der Waals surface area contributed by atoms with Crippen LogP contribution in [-0.2, 0) is 6.54 Å². The number of benzene rings is 2.